The quantitative estimate of drug-likeness (QED) is 0.858. The van der Waals surface area contributed by atoms with E-state index < -0.39 is 15.8 Å². The molecule has 0 saturated carbocycles. The molecule has 2 rings (SSSR count). The van der Waals surface area contributed by atoms with Crippen LogP contribution in [0.5, 0.6) is 0 Å². The summed E-state index contributed by atoms with van der Waals surface area (Å²) in [5, 5.41) is 0. The molecule has 0 radical (unpaired) electrons. The molecule has 2 N–H and O–H groups in total. The minimum Gasteiger partial charge on any atom is -0.396 e. The van der Waals surface area contributed by atoms with Crippen molar-refractivity contribution in [1.29, 1.82) is 0 Å². The van der Waals surface area contributed by atoms with Gasteiger partial charge in [0.25, 0.3) is 0 Å². The van der Waals surface area contributed by atoms with Gasteiger partial charge in [0.1, 0.15) is 5.82 Å². The molecule has 0 spiro atoms. The smallest absolute Gasteiger partial charge is 0.243 e. The van der Waals surface area contributed by atoms with Crippen LogP contribution in [-0.2, 0) is 14.8 Å². The minimum absolute atomic E-state index is 0.105. The van der Waals surface area contributed by atoms with Crippen molar-refractivity contribution in [3.05, 3.63) is 23.0 Å². The van der Waals surface area contributed by atoms with Crippen LogP contribution in [0, 0.1) is 25.6 Å². The van der Waals surface area contributed by atoms with Gasteiger partial charge in [-0.1, -0.05) is 0 Å². The summed E-state index contributed by atoms with van der Waals surface area (Å²) in [6.07, 6.45) is 0.766. The SMILES string of the molecule is COCC1CCN(S(=O)(=O)c2c(C)cc(F)c(N)c2C)C1. The Labute approximate surface area is 124 Å². The van der Waals surface area contributed by atoms with E-state index in [0.29, 0.717) is 25.3 Å². The predicted molar refractivity (Wildman–Crippen MR) is 79.0 cm³/mol. The number of ether oxygens (including phenoxy) is 1. The number of anilines is 1. The molecule has 118 valence electrons. The molecule has 1 aromatic carbocycles. The first-order chi connectivity index (χ1) is 9.78. The average Bonchev–Trinajstić information content (AvgIpc) is 2.85. The molecule has 1 unspecified atom stereocenters. The maximum atomic E-state index is 13.6. The third-order valence-electron chi connectivity index (χ3n) is 3.95. The minimum atomic E-state index is -3.66. The van der Waals surface area contributed by atoms with Gasteiger partial charge in [0.2, 0.25) is 10.0 Å². The number of hydrogen-bond donors (Lipinski definition) is 1. The Morgan fingerprint density at radius 2 is 2.14 bits per heavy atom. The molecule has 1 aliphatic heterocycles. The number of aryl methyl sites for hydroxylation is 1. The third kappa shape index (κ3) is 2.90. The van der Waals surface area contributed by atoms with Crippen molar-refractivity contribution in [2.45, 2.75) is 25.2 Å². The molecule has 0 amide bonds. The zero-order valence-corrected chi connectivity index (χ0v) is 13.3. The van der Waals surface area contributed by atoms with Gasteiger partial charge < -0.3 is 10.5 Å². The zero-order chi connectivity index (χ0) is 15.8. The Morgan fingerprint density at radius 3 is 2.76 bits per heavy atom. The lowest BCUT2D eigenvalue weighted by atomic mass is 10.1. The molecule has 0 aromatic heterocycles. The molecule has 1 aliphatic rings. The van der Waals surface area contributed by atoms with Gasteiger partial charge in [-0.05, 0) is 43.4 Å². The molecule has 1 atom stereocenters. The highest BCUT2D eigenvalue weighted by Crippen LogP contribution is 2.32. The summed E-state index contributed by atoms with van der Waals surface area (Å²) in [5.74, 6) is -0.384. The monoisotopic (exact) mass is 316 g/mol. The maximum absolute atomic E-state index is 13.6. The first-order valence-corrected chi connectivity index (χ1v) is 8.27. The number of methoxy groups -OCH3 is 1. The molecule has 0 bridgehead atoms. The van der Waals surface area contributed by atoms with Gasteiger partial charge in [-0.2, -0.15) is 4.31 Å². The number of nitrogens with two attached hydrogens (primary N) is 1. The van der Waals surface area contributed by atoms with Crippen molar-refractivity contribution < 1.29 is 17.5 Å². The summed E-state index contributed by atoms with van der Waals surface area (Å²) in [6, 6.07) is 1.18. The van der Waals surface area contributed by atoms with Gasteiger partial charge in [0.05, 0.1) is 17.2 Å². The lowest BCUT2D eigenvalue weighted by Crippen LogP contribution is -2.30. The Morgan fingerprint density at radius 1 is 1.48 bits per heavy atom. The largest absolute Gasteiger partial charge is 0.396 e. The average molecular weight is 316 g/mol. The van der Waals surface area contributed by atoms with Crippen LogP contribution in [0.1, 0.15) is 17.5 Å². The Bertz CT molecular complexity index is 646. The van der Waals surface area contributed by atoms with E-state index in [4.69, 9.17) is 10.5 Å². The van der Waals surface area contributed by atoms with E-state index in [1.807, 2.05) is 0 Å². The lowest BCUT2D eigenvalue weighted by molar-refractivity contribution is 0.157. The first-order valence-electron chi connectivity index (χ1n) is 6.83. The van der Waals surface area contributed by atoms with Crippen LogP contribution in [-0.4, -0.2) is 39.5 Å². The van der Waals surface area contributed by atoms with Gasteiger partial charge in [0, 0.05) is 20.2 Å². The second-order valence-electron chi connectivity index (χ2n) is 5.52. The summed E-state index contributed by atoms with van der Waals surface area (Å²) < 4.78 is 45.7. The van der Waals surface area contributed by atoms with E-state index in [-0.39, 0.29) is 22.1 Å². The van der Waals surface area contributed by atoms with E-state index in [1.165, 1.54) is 10.4 Å². The van der Waals surface area contributed by atoms with Gasteiger partial charge >= 0.3 is 0 Å². The van der Waals surface area contributed by atoms with Crippen LogP contribution < -0.4 is 5.73 Å². The normalized spacial score (nSPS) is 20.1. The van der Waals surface area contributed by atoms with Gasteiger partial charge in [-0.3, -0.25) is 0 Å². The van der Waals surface area contributed by atoms with Crippen LogP contribution in [0.15, 0.2) is 11.0 Å². The highest BCUT2D eigenvalue weighted by Gasteiger charge is 2.35. The Kier molecular flexibility index (Phi) is 4.55. The van der Waals surface area contributed by atoms with Gasteiger partial charge in [-0.15, -0.1) is 0 Å². The molecular weight excluding hydrogens is 295 g/mol. The van der Waals surface area contributed by atoms with Gasteiger partial charge in [0.15, 0.2) is 0 Å². The first kappa shape index (κ1) is 16.2. The van der Waals surface area contributed by atoms with E-state index in [1.54, 1.807) is 21.0 Å². The van der Waals surface area contributed by atoms with Crippen LogP contribution in [0.4, 0.5) is 10.1 Å². The molecule has 0 aliphatic carbocycles. The van der Waals surface area contributed by atoms with E-state index in [2.05, 4.69) is 0 Å². The molecule has 1 heterocycles. The number of sulfonamides is 1. The highest BCUT2D eigenvalue weighted by molar-refractivity contribution is 7.89. The molecule has 1 saturated heterocycles. The second kappa shape index (κ2) is 5.90. The van der Waals surface area contributed by atoms with Crippen molar-refractivity contribution in [2.75, 3.05) is 32.5 Å². The van der Waals surface area contributed by atoms with Crippen molar-refractivity contribution in [3.8, 4) is 0 Å². The van der Waals surface area contributed by atoms with E-state index in [9.17, 15) is 12.8 Å². The predicted octanol–water partition coefficient (Wildman–Crippen LogP) is 1.68. The molecule has 7 heteroatoms. The van der Waals surface area contributed by atoms with Crippen molar-refractivity contribution in [2.24, 2.45) is 5.92 Å². The molecule has 5 nitrogen and oxygen atoms in total. The summed E-state index contributed by atoms with van der Waals surface area (Å²) in [4.78, 5) is 0.125. The molecule has 21 heavy (non-hydrogen) atoms. The van der Waals surface area contributed by atoms with E-state index >= 15 is 0 Å². The number of hydrogen-bond acceptors (Lipinski definition) is 4. The van der Waals surface area contributed by atoms with Crippen molar-refractivity contribution >= 4 is 15.7 Å². The lowest BCUT2D eigenvalue weighted by Gasteiger charge is -2.20. The topological polar surface area (TPSA) is 72.6 Å². The summed E-state index contributed by atoms with van der Waals surface area (Å²) in [5.41, 5.74) is 6.20. The molecule has 1 aromatic rings. The number of nitrogen functional groups attached to an aromatic ring is 1. The van der Waals surface area contributed by atoms with Crippen LogP contribution in [0.2, 0.25) is 0 Å². The number of benzene rings is 1. The number of rotatable bonds is 4. The fraction of sp³-hybridized carbons (Fsp3) is 0.571. The zero-order valence-electron chi connectivity index (χ0n) is 12.5. The summed E-state index contributed by atoms with van der Waals surface area (Å²) in [7, 11) is -2.06. The number of nitrogens with zero attached hydrogens (tertiary/aromatic N) is 1. The third-order valence-corrected chi connectivity index (χ3v) is 6.11. The van der Waals surface area contributed by atoms with E-state index in [0.717, 1.165) is 6.42 Å². The van der Waals surface area contributed by atoms with Crippen molar-refractivity contribution in [1.82, 2.24) is 4.31 Å². The molecule has 1 fully saturated rings. The second-order valence-corrected chi connectivity index (χ2v) is 7.39. The van der Waals surface area contributed by atoms with Crippen LogP contribution in [0.25, 0.3) is 0 Å². The maximum Gasteiger partial charge on any atom is 0.243 e. The van der Waals surface area contributed by atoms with Gasteiger partial charge in [-0.25, -0.2) is 12.8 Å². The Hall–Kier alpha value is -1.18. The fourth-order valence-electron chi connectivity index (χ4n) is 2.84. The van der Waals surface area contributed by atoms with Crippen LogP contribution >= 0.6 is 0 Å². The van der Waals surface area contributed by atoms with Crippen molar-refractivity contribution in [3.63, 3.8) is 0 Å². The Balaban J connectivity index is 2.40. The fourth-order valence-corrected chi connectivity index (χ4v) is 4.82. The summed E-state index contributed by atoms with van der Waals surface area (Å²) in [6.45, 7) is 4.54. The molecular formula is C14H21FN2O3S. The number of halogens is 1. The highest BCUT2D eigenvalue weighted by atomic mass is 32.2. The summed E-state index contributed by atoms with van der Waals surface area (Å²) >= 11 is 0. The standard InChI is InChI=1S/C14H21FN2O3S/c1-9-6-12(15)13(16)10(2)14(9)21(18,19)17-5-4-11(7-17)8-20-3/h6,11H,4-5,7-8,16H2,1-3H3. The van der Waals surface area contributed by atoms with Crippen LogP contribution in [0.3, 0.4) is 0 Å².